The number of nitrogens with zero attached hydrogens (tertiary/aromatic N) is 4. The van der Waals surface area contributed by atoms with Crippen LogP contribution < -0.4 is 5.56 Å². The van der Waals surface area contributed by atoms with Gasteiger partial charge in [0, 0.05) is 18.8 Å². The fourth-order valence-corrected chi connectivity index (χ4v) is 2.55. The van der Waals surface area contributed by atoms with E-state index < -0.39 is 0 Å². The minimum absolute atomic E-state index is 0.111. The van der Waals surface area contributed by atoms with Crippen molar-refractivity contribution in [2.24, 2.45) is 0 Å². The number of hydrogen-bond acceptors (Lipinski definition) is 3. The normalized spacial score (nSPS) is 11.2. The summed E-state index contributed by atoms with van der Waals surface area (Å²) in [6, 6.07) is 5.29. The predicted molar refractivity (Wildman–Crippen MR) is 82.7 cm³/mol. The first-order valence-corrected chi connectivity index (χ1v) is 7.07. The van der Waals surface area contributed by atoms with Crippen LogP contribution >= 0.6 is 11.6 Å². The average Bonchev–Trinajstić information content (AvgIpc) is 2.78. The van der Waals surface area contributed by atoms with Gasteiger partial charge in [0.15, 0.2) is 0 Å². The van der Waals surface area contributed by atoms with E-state index in [1.165, 1.54) is 0 Å². The molecule has 0 fully saturated rings. The third-order valence-corrected chi connectivity index (χ3v) is 4.04. The first-order chi connectivity index (χ1) is 10.1. The zero-order valence-electron chi connectivity index (χ0n) is 11.9. The summed E-state index contributed by atoms with van der Waals surface area (Å²) < 4.78 is 3.61. The lowest BCUT2D eigenvalue weighted by molar-refractivity contribution is 0.554. The maximum Gasteiger partial charge on any atom is 0.262 e. The predicted octanol–water partition coefficient (Wildman–Crippen LogP) is 2.56. The molecule has 3 aromatic rings. The third kappa shape index (κ3) is 2.45. The summed E-state index contributed by atoms with van der Waals surface area (Å²) in [5.74, 6) is 0. The Morgan fingerprint density at radius 2 is 1.81 bits per heavy atom. The van der Waals surface area contributed by atoms with Gasteiger partial charge in [0.25, 0.3) is 5.56 Å². The second kappa shape index (κ2) is 5.33. The van der Waals surface area contributed by atoms with Crippen LogP contribution in [0.3, 0.4) is 0 Å². The van der Waals surface area contributed by atoms with Crippen LogP contribution in [0.1, 0.15) is 11.4 Å². The van der Waals surface area contributed by atoms with Gasteiger partial charge in [0.2, 0.25) is 0 Å². The number of hydrogen-bond donors (Lipinski definition) is 0. The van der Waals surface area contributed by atoms with Crippen molar-refractivity contribution in [3.8, 4) is 0 Å². The monoisotopic (exact) mass is 302 g/mol. The molecule has 2 heterocycles. The summed E-state index contributed by atoms with van der Waals surface area (Å²) in [6.07, 6.45) is 3.36. The molecule has 5 nitrogen and oxygen atoms in total. The van der Waals surface area contributed by atoms with Crippen molar-refractivity contribution < 1.29 is 0 Å². The molecule has 108 valence electrons. The van der Waals surface area contributed by atoms with Gasteiger partial charge < -0.3 is 4.57 Å². The summed E-state index contributed by atoms with van der Waals surface area (Å²) in [4.78, 5) is 21.0. The van der Waals surface area contributed by atoms with E-state index in [0.717, 1.165) is 11.4 Å². The fourth-order valence-electron chi connectivity index (χ4n) is 2.30. The molecule has 0 bridgehead atoms. The van der Waals surface area contributed by atoms with Crippen LogP contribution in [0.4, 0.5) is 0 Å². The average molecular weight is 303 g/mol. The molecule has 0 saturated heterocycles. The molecule has 0 saturated carbocycles. The van der Waals surface area contributed by atoms with Crippen molar-refractivity contribution >= 4 is 22.5 Å². The van der Waals surface area contributed by atoms with Crippen LogP contribution in [0, 0.1) is 13.8 Å². The number of benzene rings is 1. The van der Waals surface area contributed by atoms with Crippen LogP contribution in [-0.4, -0.2) is 19.1 Å². The lowest BCUT2D eigenvalue weighted by Crippen LogP contribution is -2.23. The maximum atomic E-state index is 12.5. The van der Waals surface area contributed by atoms with Crippen molar-refractivity contribution in [2.75, 3.05) is 0 Å². The van der Waals surface area contributed by atoms with Gasteiger partial charge in [0.05, 0.1) is 34.3 Å². The fraction of sp³-hybridized carbons (Fsp3) is 0.267. The highest BCUT2D eigenvalue weighted by Crippen LogP contribution is 2.17. The summed E-state index contributed by atoms with van der Waals surface area (Å²) in [5.41, 5.74) is 2.62. The standard InChI is InChI=1S/C15H15ClN4O/c1-10-11(2)19(8-17-10)6-7-20-9-18-13-5-3-4-12(16)14(13)15(20)21/h3-5,8-9H,6-7H2,1-2H3. The summed E-state index contributed by atoms with van der Waals surface area (Å²) in [7, 11) is 0. The molecule has 0 spiro atoms. The molecule has 0 aliphatic heterocycles. The Morgan fingerprint density at radius 3 is 2.52 bits per heavy atom. The minimum Gasteiger partial charge on any atom is -0.333 e. The van der Waals surface area contributed by atoms with Gasteiger partial charge >= 0.3 is 0 Å². The van der Waals surface area contributed by atoms with Crippen molar-refractivity contribution in [1.29, 1.82) is 0 Å². The maximum absolute atomic E-state index is 12.5. The number of imidazole rings is 1. The smallest absolute Gasteiger partial charge is 0.262 e. The Balaban J connectivity index is 1.95. The summed E-state index contributed by atoms with van der Waals surface area (Å²) in [5, 5.41) is 0.911. The van der Waals surface area contributed by atoms with E-state index in [2.05, 4.69) is 9.97 Å². The first kappa shape index (κ1) is 13.8. The van der Waals surface area contributed by atoms with Gasteiger partial charge in [-0.1, -0.05) is 17.7 Å². The van der Waals surface area contributed by atoms with Crippen LogP contribution in [0.15, 0.2) is 35.6 Å². The lowest BCUT2D eigenvalue weighted by atomic mass is 10.2. The number of rotatable bonds is 3. The van der Waals surface area contributed by atoms with Crippen LogP contribution in [0.2, 0.25) is 5.02 Å². The van der Waals surface area contributed by atoms with Crippen LogP contribution in [-0.2, 0) is 13.1 Å². The highest BCUT2D eigenvalue weighted by atomic mass is 35.5. The highest BCUT2D eigenvalue weighted by molar-refractivity contribution is 6.35. The molecule has 0 N–H and O–H groups in total. The molecule has 1 aromatic carbocycles. The molecule has 21 heavy (non-hydrogen) atoms. The summed E-state index contributed by atoms with van der Waals surface area (Å²) in [6.45, 7) is 5.18. The number of aryl methyl sites for hydroxylation is 3. The van der Waals surface area contributed by atoms with E-state index in [9.17, 15) is 4.79 Å². The second-order valence-corrected chi connectivity index (χ2v) is 5.39. The van der Waals surface area contributed by atoms with E-state index in [4.69, 9.17) is 11.6 Å². The molecule has 0 radical (unpaired) electrons. The van der Waals surface area contributed by atoms with Crippen molar-refractivity contribution in [3.63, 3.8) is 0 Å². The van der Waals surface area contributed by atoms with Crippen molar-refractivity contribution in [3.05, 3.63) is 57.6 Å². The van der Waals surface area contributed by atoms with Gasteiger partial charge in [-0.05, 0) is 26.0 Å². The second-order valence-electron chi connectivity index (χ2n) is 4.99. The zero-order valence-corrected chi connectivity index (χ0v) is 12.6. The topological polar surface area (TPSA) is 52.7 Å². The largest absolute Gasteiger partial charge is 0.333 e. The summed E-state index contributed by atoms with van der Waals surface area (Å²) >= 11 is 6.11. The molecular weight excluding hydrogens is 288 g/mol. The van der Waals surface area contributed by atoms with E-state index >= 15 is 0 Å². The number of aromatic nitrogens is 4. The van der Waals surface area contributed by atoms with Gasteiger partial charge in [-0.15, -0.1) is 0 Å². The quantitative estimate of drug-likeness (QED) is 0.747. The van der Waals surface area contributed by atoms with Gasteiger partial charge in [-0.25, -0.2) is 9.97 Å². The van der Waals surface area contributed by atoms with E-state index in [1.54, 1.807) is 35.4 Å². The van der Waals surface area contributed by atoms with Crippen LogP contribution in [0.5, 0.6) is 0 Å². The Bertz CT molecular complexity index is 866. The van der Waals surface area contributed by atoms with Crippen molar-refractivity contribution in [1.82, 2.24) is 19.1 Å². The molecule has 6 heteroatoms. The third-order valence-electron chi connectivity index (χ3n) is 3.73. The molecule has 0 atom stereocenters. The minimum atomic E-state index is -0.111. The van der Waals surface area contributed by atoms with Gasteiger partial charge in [-0.2, -0.15) is 0 Å². The van der Waals surface area contributed by atoms with E-state index in [0.29, 0.717) is 29.0 Å². The highest BCUT2D eigenvalue weighted by Gasteiger charge is 2.08. The molecule has 0 aliphatic carbocycles. The lowest BCUT2D eigenvalue weighted by Gasteiger charge is -2.09. The van der Waals surface area contributed by atoms with E-state index in [-0.39, 0.29) is 5.56 Å². The molecule has 0 aliphatic rings. The zero-order chi connectivity index (χ0) is 15.0. The van der Waals surface area contributed by atoms with E-state index in [1.807, 2.05) is 18.4 Å². The number of halogens is 1. The molecule has 3 rings (SSSR count). The van der Waals surface area contributed by atoms with Gasteiger partial charge in [-0.3, -0.25) is 9.36 Å². The van der Waals surface area contributed by atoms with Crippen LogP contribution in [0.25, 0.3) is 10.9 Å². The molecule has 2 aromatic heterocycles. The first-order valence-electron chi connectivity index (χ1n) is 6.70. The van der Waals surface area contributed by atoms with Gasteiger partial charge in [0.1, 0.15) is 0 Å². The molecule has 0 unspecified atom stereocenters. The Kier molecular flexibility index (Phi) is 3.51. The number of fused-ring (bicyclic) bond motifs is 1. The SMILES string of the molecule is Cc1ncn(CCn2cnc3cccc(Cl)c3c2=O)c1C. The Morgan fingerprint density at radius 1 is 1.10 bits per heavy atom. The molecular formula is C15H15ClN4O. The molecule has 0 amide bonds. The Hall–Kier alpha value is -2.14. The van der Waals surface area contributed by atoms with Crippen molar-refractivity contribution in [2.45, 2.75) is 26.9 Å². The Labute approximate surface area is 126 Å².